The minimum Gasteiger partial charge on any atom is -0.299 e. The second-order valence-electron chi connectivity index (χ2n) is 7.52. The van der Waals surface area contributed by atoms with E-state index >= 15 is 0 Å². The summed E-state index contributed by atoms with van der Waals surface area (Å²) in [5.41, 5.74) is 4.49. The number of carbonyl (C=O) groups is 2. The van der Waals surface area contributed by atoms with Gasteiger partial charge in [-0.15, -0.1) is 0 Å². The molecule has 24 heavy (non-hydrogen) atoms. The highest BCUT2D eigenvalue weighted by molar-refractivity contribution is 7.99. The fourth-order valence-corrected chi connectivity index (χ4v) is 5.85. The van der Waals surface area contributed by atoms with Crippen molar-refractivity contribution in [2.24, 2.45) is 11.8 Å². The Morgan fingerprint density at radius 1 is 1.08 bits per heavy atom. The highest BCUT2D eigenvalue weighted by Gasteiger charge is 2.40. The minimum absolute atomic E-state index is 0.161. The fraction of sp³-hybridized carbons (Fsp3) is 0.619. The first-order chi connectivity index (χ1) is 11.5. The van der Waals surface area contributed by atoms with Crippen LogP contribution in [0.2, 0.25) is 0 Å². The Hall–Kier alpha value is -1.09. The summed E-state index contributed by atoms with van der Waals surface area (Å²) >= 11 is 1.98. The number of benzene rings is 1. The van der Waals surface area contributed by atoms with Crippen LogP contribution in [0.4, 0.5) is 0 Å². The van der Waals surface area contributed by atoms with Gasteiger partial charge in [-0.3, -0.25) is 9.59 Å². The van der Waals surface area contributed by atoms with E-state index in [4.69, 9.17) is 0 Å². The zero-order valence-corrected chi connectivity index (χ0v) is 15.9. The van der Waals surface area contributed by atoms with Crippen LogP contribution in [0.5, 0.6) is 0 Å². The quantitative estimate of drug-likeness (QED) is 0.749. The predicted octanol–water partition coefficient (Wildman–Crippen LogP) is 4.64. The Labute approximate surface area is 149 Å². The number of thioether (sulfide) groups is 1. The number of ketones is 2. The topological polar surface area (TPSA) is 34.1 Å². The van der Waals surface area contributed by atoms with Crippen LogP contribution in [0, 0.1) is 25.7 Å². The van der Waals surface area contributed by atoms with Crippen molar-refractivity contribution in [2.45, 2.75) is 58.8 Å². The Bertz CT molecular complexity index is 625. The van der Waals surface area contributed by atoms with Gasteiger partial charge >= 0.3 is 0 Å². The van der Waals surface area contributed by atoms with Crippen LogP contribution in [-0.2, 0) is 16.0 Å². The molecular weight excluding hydrogens is 316 g/mol. The molecule has 130 valence electrons. The van der Waals surface area contributed by atoms with Crippen molar-refractivity contribution in [1.82, 2.24) is 0 Å². The lowest BCUT2D eigenvalue weighted by Gasteiger charge is -2.35. The lowest BCUT2D eigenvalue weighted by Crippen LogP contribution is -2.37. The molecule has 1 aliphatic carbocycles. The van der Waals surface area contributed by atoms with Crippen LogP contribution in [0.3, 0.4) is 0 Å². The van der Waals surface area contributed by atoms with Crippen LogP contribution in [0.15, 0.2) is 12.1 Å². The third kappa shape index (κ3) is 3.46. The standard InChI is InChI=1S/C21H28O2S/c1-4-15-9-13(2)8-14(3)20(15)21-18(22)10-17(11-19(21)23)16-6-5-7-24-12-16/h8-9,16-17,21H,4-7,10-12H2,1-3H3. The van der Waals surface area contributed by atoms with Crippen LogP contribution >= 0.6 is 11.8 Å². The first-order valence-corrected chi connectivity index (χ1v) is 10.4. The molecule has 0 bridgehead atoms. The zero-order chi connectivity index (χ0) is 17.3. The largest absolute Gasteiger partial charge is 0.299 e. The van der Waals surface area contributed by atoms with Gasteiger partial charge in [-0.1, -0.05) is 24.6 Å². The van der Waals surface area contributed by atoms with Crippen molar-refractivity contribution in [3.8, 4) is 0 Å². The molecule has 1 aromatic rings. The van der Waals surface area contributed by atoms with Crippen molar-refractivity contribution in [3.05, 3.63) is 34.4 Å². The molecule has 1 saturated carbocycles. The van der Waals surface area contributed by atoms with Crippen molar-refractivity contribution in [1.29, 1.82) is 0 Å². The van der Waals surface area contributed by atoms with Gasteiger partial charge in [0.05, 0.1) is 0 Å². The highest BCUT2D eigenvalue weighted by atomic mass is 32.2. The van der Waals surface area contributed by atoms with Gasteiger partial charge in [-0.2, -0.15) is 11.8 Å². The number of carbonyl (C=O) groups excluding carboxylic acids is 2. The summed E-state index contributed by atoms with van der Waals surface area (Å²) in [7, 11) is 0. The second-order valence-corrected chi connectivity index (χ2v) is 8.67. The smallest absolute Gasteiger partial charge is 0.148 e. The van der Waals surface area contributed by atoms with Gasteiger partial charge in [0, 0.05) is 12.8 Å². The molecule has 3 rings (SSSR count). The molecule has 1 unspecified atom stereocenters. The fourth-order valence-electron chi connectivity index (χ4n) is 4.57. The number of hydrogen-bond acceptors (Lipinski definition) is 3. The van der Waals surface area contributed by atoms with Gasteiger partial charge in [0.1, 0.15) is 17.5 Å². The molecule has 0 aromatic heterocycles. The Morgan fingerprint density at radius 2 is 1.79 bits per heavy atom. The summed E-state index contributed by atoms with van der Waals surface area (Å²) in [4.78, 5) is 25.9. The van der Waals surface area contributed by atoms with E-state index in [1.807, 2.05) is 18.7 Å². The molecule has 1 saturated heterocycles. The molecular formula is C21H28O2S. The third-order valence-electron chi connectivity index (χ3n) is 5.72. The van der Waals surface area contributed by atoms with E-state index in [2.05, 4.69) is 26.0 Å². The Kier molecular flexibility index (Phi) is 5.49. The first-order valence-electron chi connectivity index (χ1n) is 9.24. The van der Waals surface area contributed by atoms with Crippen molar-refractivity contribution in [3.63, 3.8) is 0 Å². The van der Waals surface area contributed by atoms with E-state index in [-0.39, 0.29) is 17.5 Å². The van der Waals surface area contributed by atoms with Crippen LogP contribution in [0.1, 0.15) is 60.8 Å². The zero-order valence-electron chi connectivity index (χ0n) is 15.1. The lowest BCUT2D eigenvalue weighted by molar-refractivity contribution is -0.134. The molecule has 2 aliphatic rings. The Balaban J connectivity index is 1.86. The molecule has 3 heteroatoms. The van der Waals surface area contributed by atoms with E-state index in [1.54, 1.807) is 0 Å². The van der Waals surface area contributed by atoms with E-state index in [0.717, 1.165) is 23.3 Å². The number of hydrogen-bond donors (Lipinski definition) is 0. The number of aryl methyl sites for hydroxylation is 3. The van der Waals surface area contributed by atoms with Crippen LogP contribution in [-0.4, -0.2) is 23.1 Å². The molecule has 1 heterocycles. The van der Waals surface area contributed by atoms with Gasteiger partial charge in [-0.25, -0.2) is 0 Å². The molecule has 1 aromatic carbocycles. The molecule has 2 fully saturated rings. The molecule has 0 N–H and O–H groups in total. The summed E-state index contributed by atoms with van der Waals surface area (Å²) in [6, 6.07) is 4.26. The first kappa shape index (κ1) is 17.7. The summed E-state index contributed by atoms with van der Waals surface area (Å²) in [6.45, 7) is 6.24. The van der Waals surface area contributed by atoms with Crippen molar-refractivity contribution >= 4 is 23.3 Å². The highest BCUT2D eigenvalue weighted by Crippen LogP contribution is 2.40. The average Bonchev–Trinajstić information content (AvgIpc) is 2.56. The van der Waals surface area contributed by atoms with Gasteiger partial charge in [-0.05, 0) is 73.1 Å². The normalized spacial score (nSPS) is 28.2. The summed E-state index contributed by atoms with van der Waals surface area (Å²) in [5, 5.41) is 0. The second kappa shape index (κ2) is 7.43. The monoisotopic (exact) mass is 344 g/mol. The maximum Gasteiger partial charge on any atom is 0.148 e. The number of rotatable bonds is 3. The van der Waals surface area contributed by atoms with E-state index in [0.29, 0.717) is 18.8 Å². The number of Topliss-reactive ketones (excluding diaryl/α,β-unsaturated/α-hetero) is 2. The lowest BCUT2D eigenvalue weighted by atomic mass is 9.70. The van der Waals surface area contributed by atoms with E-state index in [9.17, 15) is 9.59 Å². The van der Waals surface area contributed by atoms with Crippen molar-refractivity contribution < 1.29 is 9.59 Å². The molecule has 0 radical (unpaired) electrons. The minimum atomic E-state index is -0.506. The predicted molar refractivity (Wildman–Crippen MR) is 101 cm³/mol. The Morgan fingerprint density at radius 3 is 2.38 bits per heavy atom. The maximum atomic E-state index is 12.9. The van der Waals surface area contributed by atoms with Gasteiger partial charge in [0.15, 0.2) is 0 Å². The van der Waals surface area contributed by atoms with Gasteiger partial charge in [0.2, 0.25) is 0 Å². The van der Waals surface area contributed by atoms with Gasteiger partial charge in [0.25, 0.3) is 0 Å². The molecule has 2 nitrogen and oxygen atoms in total. The van der Waals surface area contributed by atoms with Crippen molar-refractivity contribution in [2.75, 3.05) is 11.5 Å². The summed E-state index contributed by atoms with van der Waals surface area (Å²) in [5.74, 6) is 3.01. The maximum absolute atomic E-state index is 12.9. The van der Waals surface area contributed by atoms with E-state index < -0.39 is 5.92 Å². The third-order valence-corrected chi connectivity index (χ3v) is 6.96. The van der Waals surface area contributed by atoms with E-state index in [1.165, 1.54) is 29.7 Å². The SMILES string of the molecule is CCc1cc(C)cc(C)c1C1C(=O)CC(C2CCCSC2)CC1=O. The van der Waals surface area contributed by atoms with Crippen LogP contribution < -0.4 is 0 Å². The molecule has 1 aliphatic heterocycles. The van der Waals surface area contributed by atoms with Crippen LogP contribution in [0.25, 0.3) is 0 Å². The molecule has 0 amide bonds. The summed E-state index contributed by atoms with van der Waals surface area (Å²) in [6.07, 6.45) is 4.48. The summed E-state index contributed by atoms with van der Waals surface area (Å²) < 4.78 is 0. The van der Waals surface area contributed by atoms with Gasteiger partial charge < -0.3 is 0 Å². The molecule has 0 spiro atoms. The molecule has 1 atom stereocenters. The average molecular weight is 345 g/mol.